The molecule has 4 N–H and O–H groups in total. The van der Waals surface area contributed by atoms with E-state index in [-0.39, 0.29) is 6.04 Å². The van der Waals surface area contributed by atoms with E-state index in [0.29, 0.717) is 5.15 Å². The van der Waals surface area contributed by atoms with Crippen LogP contribution in [0.2, 0.25) is 5.15 Å². The van der Waals surface area contributed by atoms with E-state index in [0.717, 1.165) is 31.4 Å². The lowest BCUT2D eigenvalue weighted by atomic mass is 10.0. The number of unbranched alkanes of at least 4 members (excludes halogenated alkanes) is 1. The summed E-state index contributed by atoms with van der Waals surface area (Å²) in [5, 5.41) is 0.503. The van der Waals surface area contributed by atoms with Crippen LogP contribution < -0.4 is 11.5 Å². The standard InChI is InChI=1S/C10H16ClN3/c11-10-5-4-8(7-14-10)9(13)3-1-2-6-12/h4-5,7,9H,1-3,6,12-13H2/t9-/m1/s1. The Morgan fingerprint density at radius 2 is 2.14 bits per heavy atom. The number of halogens is 1. The highest BCUT2D eigenvalue weighted by Crippen LogP contribution is 2.16. The van der Waals surface area contributed by atoms with Gasteiger partial charge in [-0.05, 0) is 31.0 Å². The molecule has 14 heavy (non-hydrogen) atoms. The van der Waals surface area contributed by atoms with E-state index < -0.39 is 0 Å². The minimum atomic E-state index is 0.0475. The van der Waals surface area contributed by atoms with Gasteiger partial charge in [0.25, 0.3) is 0 Å². The summed E-state index contributed by atoms with van der Waals surface area (Å²) in [6.07, 6.45) is 4.75. The zero-order chi connectivity index (χ0) is 10.4. The Morgan fingerprint density at radius 3 is 2.71 bits per heavy atom. The summed E-state index contributed by atoms with van der Waals surface area (Å²) in [6, 6.07) is 3.73. The summed E-state index contributed by atoms with van der Waals surface area (Å²) in [5.74, 6) is 0. The van der Waals surface area contributed by atoms with E-state index in [4.69, 9.17) is 23.1 Å². The topological polar surface area (TPSA) is 64.9 Å². The number of rotatable bonds is 5. The van der Waals surface area contributed by atoms with Crippen LogP contribution in [0.1, 0.15) is 30.9 Å². The van der Waals surface area contributed by atoms with Gasteiger partial charge in [-0.3, -0.25) is 0 Å². The van der Waals surface area contributed by atoms with Crippen LogP contribution >= 0.6 is 11.6 Å². The highest BCUT2D eigenvalue weighted by molar-refractivity contribution is 6.29. The minimum absolute atomic E-state index is 0.0475. The quantitative estimate of drug-likeness (QED) is 0.580. The normalized spacial score (nSPS) is 12.8. The van der Waals surface area contributed by atoms with Crippen molar-refractivity contribution in [2.24, 2.45) is 11.5 Å². The van der Waals surface area contributed by atoms with Gasteiger partial charge in [0, 0.05) is 12.2 Å². The zero-order valence-corrected chi connectivity index (χ0v) is 8.87. The van der Waals surface area contributed by atoms with Gasteiger partial charge in [0.1, 0.15) is 5.15 Å². The van der Waals surface area contributed by atoms with Crippen molar-refractivity contribution in [3.63, 3.8) is 0 Å². The van der Waals surface area contributed by atoms with Crippen LogP contribution in [0.4, 0.5) is 0 Å². The largest absolute Gasteiger partial charge is 0.330 e. The third-order valence-electron chi connectivity index (χ3n) is 2.15. The molecule has 0 bridgehead atoms. The van der Waals surface area contributed by atoms with Crippen molar-refractivity contribution in [2.75, 3.05) is 6.54 Å². The van der Waals surface area contributed by atoms with Gasteiger partial charge in [0.05, 0.1) is 0 Å². The molecule has 0 radical (unpaired) electrons. The van der Waals surface area contributed by atoms with Crippen LogP contribution in [-0.2, 0) is 0 Å². The van der Waals surface area contributed by atoms with E-state index >= 15 is 0 Å². The molecular formula is C10H16ClN3. The number of hydrogen-bond acceptors (Lipinski definition) is 3. The molecule has 78 valence electrons. The second-order valence-electron chi connectivity index (χ2n) is 3.31. The van der Waals surface area contributed by atoms with Gasteiger partial charge in [-0.15, -0.1) is 0 Å². The van der Waals surface area contributed by atoms with Crippen molar-refractivity contribution in [2.45, 2.75) is 25.3 Å². The second kappa shape index (κ2) is 5.96. The first kappa shape index (κ1) is 11.4. The van der Waals surface area contributed by atoms with Crippen LogP contribution in [0.25, 0.3) is 0 Å². The van der Waals surface area contributed by atoms with Gasteiger partial charge in [-0.1, -0.05) is 24.1 Å². The Morgan fingerprint density at radius 1 is 1.36 bits per heavy atom. The van der Waals surface area contributed by atoms with Crippen molar-refractivity contribution in [3.05, 3.63) is 29.0 Å². The van der Waals surface area contributed by atoms with Crippen molar-refractivity contribution in [1.29, 1.82) is 0 Å². The summed E-state index contributed by atoms with van der Waals surface area (Å²) in [6.45, 7) is 0.728. The number of pyridine rings is 1. The van der Waals surface area contributed by atoms with Gasteiger partial charge in [0.2, 0.25) is 0 Å². The van der Waals surface area contributed by atoms with Crippen LogP contribution in [0.5, 0.6) is 0 Å². The fourth-order valence-electron chi connectivity index (χ4n) is 1.28. The van der Waals surface area contributed by atoms with E-state index in [1.807, 2.05) is 6.07 Å². The molecule has 0 aliphatic rings. The first-order chi connectivity index (χ1) is 6.74. The molecule has 0 spiro atoms. The van der Waals surface area contributed by atoms with Crippen LogP contribution in [0.15, 0.2) is 18.3 Å². The van der Waals surface area contributed by atoms with Crippen LogP contribution in [-0.4, -0.2) is 11.5 Å². The summed E-state index contributed by atoms with van der Waals surface area (Å²) >= 11 is 5.67. The SMILES string of the molecule is NCCCC[C@@H](N)c1ccc(Cl)nc1. The molecule has 0 fully saturated rings. The molecule has 0 aliphatic heterocycles. The van der Waals surface area contributed by atoms with Crippen molar-refractivity contribution in [3.8, 4) is 0 Å². The van der Waals surface area contributed by atoms with Gasteiger partial charge in [-0.2, -0.15) is 0 Å². The molecule has 4 heteroatoms. The number of aromatic nitrogens is 1. The highest BCUT2D eigenvalue weighted by atomic mass is 35.5. The molecule has 1 heterocycles. The molecule has 0 saturated carbocycles. The van der Waals surface area contributed by atoms with Gasteiger partial charge in [0.15, 0.2) is 0 Å². The fourth-order valence-corrected chi connectivity index (χ4v) is 1.39. The zero-order valence-electron chi connectivity index (χ0n) is 8.12. The molecule has 3 nitrogen and oxygen atoms in total. The van der Waals surface area contributed by atoms with Crippen molar-refractivity contribution < 1.29 is 0 Å². The van der Waals surface area contributed by atoms with E-state index in [1.165, 1.54) is 0 Å². The summed E-state index contributed by atoms with van der Waals surface area (Å²) < 4.78 is 0. The molecule has 0 aliphatic carbocycles. The Balaban J connectivity index is 2.43. The predicted octanol–water partition coefficient (Wildman–Crippen LogP) is 1.86. The monoisotopic (exact) mass is 213 g/mol. The van der Waals surface area contributed by atoms with Gasteiger partial charge >= 0.3 is 0 Å². The molecule has 1 atom stereocenters. The van der Waals surface area contributed by atoms with Crippen LogP contribution in [0, 0.1) is 0 Å². The smallest absolute Gasteiger partial charge is 0.129 e. The molecule has 0 unspecified atom stereocenters. The second-order valence-corrected chi connectivity index (χ2v) is 3.69. The maximum Gasteiger partial charge on any atom is 0.129 e. The van der Waals surface area contributed by atoms with Crippen molar-refractivity contribution >= 4 is 11.6 Å². The lowest BCUT2D eigenvalue weighted by molar-refractivity contribution is 0.589. The summed E-state index contributed by atoms with van der Waals surface area (Å²) in [7, 11) is 0. The minimum Gasteiger partial charge on any atom is -0.330 e. The van der Waals surface area contributed by atoms with Gasteiger partial charge < -0.3 is 11.5 Å². The molecule has 0 aromatic carbocycles. The van der Waals surface area contributed by atoms with Gasteiger partial charge in [-0.25, -0.2) is 4.98 Å². The van der Waals surface area contributed by atoms with E-state index in [9.17, 15) is 0 Å². The Bertz CT molecular complexity index is 261. The predicted molar refractivity (Wildman–Crippen MR) is 59.1 cm³/mol. The van der Waals surface area contributed by atoms with Crippen molar-refractivity contribution in [1.82, 2.24) is 4.98 Å². The molecular weight excluding hydrogens is 198 g/mol. The van der Waals surface area contributed by atoms with E-state index in [1.54, 1.807) is 12.3 Å². The lowest BCUT2D eigenvalue weighted by Crippen LogP contribution is -2.11. The molecule has 1 aromatic heterocycles. The third-order valence-corrected chi connectivity index (χ3v) is 2.37. The third kappa shape index (κ3) is 3.62. The molecule has 1 rings (SSSR count). The Hall–Kier alpha value is -0.640. The molecule has 0 saturated heterocycles. The molecule has 0 amide bonds. The fraction of sp³-hybridized carbons (Fsp3) is 0.500. The number of hydrogen-bond donors (Lipinski definition) is 2. The first-order valence-corrected chi connectivity index (χ1v) is 5.19. The Labute approximate surface area is 89.5 Å². The highest BCUT2D eigenvalue weighted by Gasteiger charge is 2.05. The van der Waals surface area contributed by atoms with Crippen LogP contribution in [0.3, 0.4) is 0 Å². The number of nitrogens with zero attached hydrogens (tertiary/aromatic N) is 1. The summed E-state index contributed by atoms with van der Waals surface area (Å²) in [4.78, 5) is 3.99. The maximum atomic E-state index is 5.96. The Kier molecular flexibility index (Phi) is 4.87. The summed E-state index contributed by atoms with van der Waals surface area (Å²) in [5.41, 5.74) is 12.4. The van der Waals surface area contributed by atoms with E-state index in [2.05, 4.69) is 4.98 Å². The number of nitrogens with two attached hydrogens (primary N) is 2. The maximum absolute atomic E-state index is 5.96. The molecule has 1 aromatic rings. The average molecular weight is 214 g/mol. The first-order valence-electron chi connectivity index (χ1n) is 4.81. The lowest BCUT2D eigenvalue weighted by Gasteiger charge is -2.10. The average Bonchev–Trinajstić information content (AvgIpc) is 2.19.